The van der Waals surface area contributed by atoms with Gasteiger partial charge in [-0.1, -0.05) is 24.1 Å². The van der Waals surface area contributed by atoms with E-state index in [4.69, 9.17) is 4.74 Å². The quantitative estimate of drug-likeness (QED) is 0.685. The summed E-state index contributed by atoms with van der Waals surface area (Å²) in [6.45, 7) is 5.33. The Morgan fingerprint density at radius 3 is 2.78 bits per heavy atom. The Kier molecular flexibility index (Phi) is 4.79. The summed E-state index contributed by atoms with van der Waals surface area (Å²) < 4.78 is 5.46. The van der Waals surface area contributed by atoms with Crippen molar-refractivity contribution in [2.75, 3.05) is 33.8 Å². The largest absolute Gasteiger partial charge is 0.496 e. The molecule has 0 unspecified atom stereocenters. The van der Waals surface area contributed by atoms with E-state index < -0.39 is 0 Å². The Hall–Kier alpha value is -1.71. The predicted molar refractivity (Wildman–Crippen MR) is 95.3 cm³/mol. The van der Waals surface area contributed by atoms with Crippen LogP contribution in [0.3, 0.4) is 0 Å². The van der Waals surface area contributed by atoms with E-state index >= 15 is 0 Å². The molecule has 4 heteroatoms. The molecule has 0 aromatic heterocycles. The van der Waals surface area contributed by atoms with Crippen molar-refractivity contribution >= 4 is 5.96 Å². The highest BCUT2D eigenvalue weighted by Gasteiger charge is 2.43. The molecular weight excluding hydrogens is 286 g/mol. The van der Waals surface area contributed by atoms with Crippen LogP contribution in [-0.2, 0) is 6.42 Å². The summed E-state index contributed by atoms with van der Waals surface area (Å²) in [6.07, 6.45) is 6.50. The number of aryl methyl sites for hydroxylation is 1. The summed E-state index contributed by atoms with van der Waals surface area (Å²) >= 11 is 0. The van der Waals surface area contributed by atoms with Gasteiger partial charge in [0.05, 0.1) is 7.11 Å². The second kappa shape index (κ2) is 6.81. The Morgan fingerprint density at radius 1 is 1.35 bits per heavy atom. The van der Waals surface area contributed by atoms with Gasteiger partial charge in [-0.25, -0.2) is 0 Å². The fourth-order valence-corrected chi connectivity index (χ4v) is 3.94. The van der Waals surface area contributed by atoms with E-state index in [9.17, 15) is 0 Å². The average molecular weight is 315 g/mol. The first-order valence-electron chi connectivity index (χ1n) is 8.75. The Morgan fingerprint density at radius 2 is 2.17 bits per heavy atom. The number of methoxy groups -OCH3 is 1. The molecule has 1 saturated carbocycles. The van der Waals surface area contributed by atoms with Gasteiger partial charge in [-0.3, -0.25) is 4.99 Å². The van der Waals surface area contributed by atoms with Crippen LogP contribution in [0, 0.1) is 12.3 Å². The standard InChI is InChI=1S/C19H29N3O/c1-15-5-6-17(23-3)16(13-15)7-11-21-18(20-2)22-12-10-19(14-22)8-4-9-19/h5-6,13H,4,7-12,14H2,1-3H3,(H,20,21). The fraction of sp³-hybridized carbons (Fsp3) is 0.632. The van der Waals surface area contributed by atoms with Crippen molar-refractivity contribution in [1.82, 2.24) is 10.2 Å². The number of ether oxygens (including phenoxy) is 1. The molecule has 0 bridgehead atoms. The van der Waals surface area contributed by atoms with Crippen LogP contribution in [0.25, 0.3) is 0 Å². The number of aliphatic imine (C=N–C) groups is 1. The first-order valence-corrected chi connectivity index (χ1v) is 8.75. The van der Waals surface area contributed by atoms with Crippen LogP contribution in [0.4, 0.5) is 0 Å². The minimum Gasteiger partial charge on any atom is -0.496 e. The highest BCUT2D eigenvalue weighted by Crippen LogP contribution is 2.47. The van der Waals surface area contributed by atoms with Crippen LogP contribution in [0.1, 0.15) is 36.8 Å². The molecule has 1 aromatic carbocycles. The van der Waals surface area contributed by atoms with Crippen LogP contribution in [0.15, 0.2) is 23.2 Å². The molecule has 1 spiro atoms. The summed E-state index contributed by atoms with van der Waals surface area (Å²) in [5.74, 6) is 2.03. The molecular formula is C19H29N3O. The van der Waals surface area contributed by atoms with E-state index in [0.29, 0.717) is 5.41 Å². The van der Waals surface area contributed by atoms with Crippen LogP contribution < -0.4 is 10.1 Å². The number of likely N-dealkylation sites (tertiary alicyclic amines) is 1. The van der Waals surface area contributed by atoms with Gasteiger partial charge >= 0.3 is 0 Å². The fourth-order valence-electron chi connectivity index (χ4n) is 3.94. The third kappa shape index (κ3) is 3.46. The highest BCUT2D eigenvalue weighted by atomic mass is 16.5. The molecule has 126 valence electrons. The maximum Gasteiger partial charge on any atom is 0.193 e. The van der Waals surface area contributed by atoms with Crippen LogP contribution in [0.5, 0.6) is 5.75 Å². The van der Waals surface area contributed by atoms with Crippen molar-refractivity contribution in [3.63, 3.8) is 0 Å². The molecule has 2 fully saturated rings. The lowest BCUT2D eigenvalue weighted by atomic mass is 9.68. The Balaban J connectivity index is 1.54. The van der Waals surface area contributed by atoms with Gasteiger partial charge < -0.3 is 15.0 Å². The number of nitrogens with one attached hydrogen (secondary N) is 1. The maximum absolute atomic E-state index is 5.46. The van der Waals surface area contributed by atoms with Crippen molar-refractivity contribution in [2.45, 2.75) is 39.0 Å². The minimum absolute atomic E-state index is 0.609. The lowest BCUT2D eigenvalue weighted by Crippen LogP contribution is -2.43. The molecule has 1 N–H and O–H groups in total. The van der Waals surface area contributed by atoms with Crippen LogP contribution in [0.2, 0.25) is 0 Å². The molecule has 1 aliphatic carbocycles. The molecule has 2 aliphatic rings. The van der Waals surface area contributed by atoms with Gasteiger partial charge in [-0.15, -0.1) is 0 Å². The summed E-state index contributed by atoms with van der Waals surface area (Å²) in [7, 11) is 3.63. The molecule has 3 rings (SSSR count). The topological polar surface area (TPSA) is 36.9 Å². The number of hydrogen-bond donors (Lipinski definition) is 1. The zero-order valence-electron chi connectivity index (χ0n) is 14.7. The van der Waals surface area contributed by atoms with Gasteiger partial charge in [0.2, 0.25) is 0 Å². The molecule has 4 nitrogen and oxygen atoms in total. The van der Waals surface area contributed by atoms with E-state index in [2.05, 4.69) is 40.3 Å². The van der Waals surface area contributed by atoms with Gasteiger partial charge in [-0.2, -0.15) is 0 Å². The predicted octanol–water partition coefficient (Wildman–Crippen LogP) is 3.00. The molecule has 0 amide bonds. The summed E-state index contributed by atoms with van der Waals surface area (Å²) in [4.78, 5) is 6.92. The second-order valence-electron chi connectivity index (χ2n) is 7.06. The van der Waals surface area contributed by atoms with E-state index in [-0.39, 0.29) is 0 Å². The average Bonchev–Trinajstić information content (AvgIpc) is 2.97. The Labute approximate surface area is 139 Å². The highest BCUT2D eigenvalue weighted by molar-refractivity contribution is 5.80. The third-order valence-corrected chi connectivity index (χ3v) is 5.48. The van der Waals surface area contributed by atoms with Gasteiger partial charge in [0.25, 0.3) is 0 Å². The van der Waals surface area contributed by atoms with Crippen molar-refractivity contribution in [2.24, 2.45) is 10.4 Å². The second-order valence-corrected chi connectivity index (χ2v) is 7.06. The SMILES string of the molecule is CN=C(NCCc1cc(C)ccc1OC)N1CCC2(CCC2)C1. The van der Waals surface area contributed by atoms with Crippen molar-refractivity contribution in [3.8, 4) is 5.75 Å². The van der Waals surface area contributed by atoms with E-state index in [0.717, 1.165) is 31.2 Å². The smallest absolute Gasteiger partial charge is 0.193 e. The molecule has 1 saturated heterocycles. The summed E-state index contributed by atoms with van der Waals surface area (Å²) in [6, 6.07) is 6.36. The molecule has 1 aromatic rings. The van der Waals surface area contributed by atoms with Crippen molar-refractivity contribution < 1.29 is 4.74 Å². The molecule has 0 atom stereocenters. The van der Waals surface area contributed by atoms with Crippen molar-refractivity contribution in [3.05, 3.63) is 29.3 Å². The number of nitrogens with zero attached hydrogens (tertiary/aromatic N) is 2. The van der Waals surface area contributed by atoms with E-state index in [1.807, 2.05) is 7.05 Å². The Bertz CT molecular complexity index is 578. The van der Waals surface area contributed by atoms with Crippen LogP contribution >= 0.6 is 0 Å². The number of hydrogen-bond acceptors (Lipinski definition) is 2. The summed E-state index contributed by atoms with van der Waals surface area (Å²) in [5, 5.41) is 3.54. The van der Waals surface area contributed by atoms with Gasteiger partial charge in [0.15, 0.2) is 5.96 Å². The number of benzene rings is 1. The van der Waals surface area contributed by atoms with Gasteiger partial charge in [-0.05, 0) is 49.7 Å². The normalized spacial score (nSPS) is 19.8. The minimum atomic E-state index is 0.609. The lowest BCUT2D eigenvalue weighted by molar-refractivity contribution is 0.151. The molecule has 23 heavy (non-hydrogen) atoms. The monoisotopic (exact) mass is 315 g/mol. The first-order chi connectivity index (χ1) is 11.2. The van der Waals surface area contributed by atoms with Crippen LogP contribution in [-0.4, -0.2) is 44.7 Å². The molecule has 0 radical (unpaired) electrons. The lowest BCUT2D eigenvalue weighted by Gasteiger charge is -2.38. The molecule has 1 heterocycles. The van der Waals surface area contributed by atoms with Gasteiger partial charge in [0.1, 0.15) is 5.75 Å². The third-order valence-electron chi connectivity index (χ3n) is 5.48. The maximum atomic E-state index is 5.46. The number of rotatable bonds is 4. The van der Waals surface area contributed by atoms with Gasteiger partial charge in [0, 0.05) is 26.7 Å². The zero-order valence-corrected chi connectivity index (χ0v) is 14.7. The molecule has 1 aliphatic heterocycles. The number of guanidine groups is 1. The van der Waals surface area contributed by atoms with E-state index in [1.165, 1.54) is 43.4 Å². The van der Waals surface area contributed by atoms with Crippen molar-refractivity contribution in [1.29, 1.82) is 0 Å². The van der Waals surface area contributed by atoms with E-state index in [1.54, 1.807) is 7.11 Å². The summed E-state index contributed by atoms with van der Waals surface area (Å²) in [5.41, 5.74) is 3.14. The zero-order chi connectivity index (χ0) is 16.3. The first kappa shape index (κ1) is 16.2.